The van der Waals surface area contributed by atoms with E-state index >= 15 is 0 Å². The summed E-state index contributed by atoms with van der Waals surface area (Å²) in [5.74, 6) is 0. The van der Waals surface area contributed by atoms with Crippen molar-refractivity contribution < 1.29 is 13.9 Å². The van der Waals surface area contributed by atoms with Crippen LogP contribution in [0, 0.1) is 0 Å². The summed E-state index contributed by atoms with van der Waals surface area (Å²) in [5, 5.41) is -0.608. The van der Waals surface area contributed by atoms with E-state index in [-0.39, 0.29) is 0 Å². The van der Waals surface area contributed by atoms with E-state index in [4.69, 9.17) is 0 Å². The average Bonchev–Trinajstić information content (AvgIpc) is 2.76. The number of hydrogen-bond acceptors (Lipinski definition) is 2. The molecule has 0 saturated heterocycles. The lowest BCUT2D eigenvalue weighted by Crippen LogP contribution is -2.55. The molecule has 4 heteroatoms. The van der Waals surface area contributed by atoms with E-state index in [9.17, 15) is 9.46 Å². The Labute approximate surface area is 209 Å². The SMILES string of the molecule is CCCCCCCCCCCCCCC/C=C\CCCCCCC(CC)([P+](=O)[O-])[N+](C)(C)C. The zero-order valence-corrected chi connectivity index (χ0v) is 24.1. The maximum Gasteiger partial charge on any atom is 0.376 e. The molecule has 0 aliphatic carbocycles. The summed E-state index contributed by atoms with van der Waals surface area (Å²) >= 11 is 0. The van der Waals surface area contributed by atoms with Gasteiger partial charge in [-0.3, -0.25) is 4.48 Å². The highest BCUT2D eigenvalue weighted by Gasteiger charge is 2.52. The topological polar surface area (TPSA) is 40.1 Å². The van der Waals surface area contributed by atoms with Gasteiger partial charge in [-0.25, -0.2) is 0 Å². The molecule has 2 atom stereocenters. The lowest BCUT2D eigenvalue weighted by atomic mass is 10.0. The zero-order valence-electron chi connectivity index (χ0n) is 23.2. The third kappa shape index (κ3) is 16.1. The Morgan fingerprint density at radius 2 is 1.00 bits per heavy atom. The first-order chi connectivity index (χ1) is 15.8. The van der Waals surface area contributed by atoms with E-state index in [1.807, 2.05) is 28.1 Å². The Morgan fingerprint density at radius 1 is 0.636 bits per heavy atom. The minimum absolute atomic E-state index is 0.504. The average molecular weight is 485 g/mol. The van der Waals surface area contributed by atoms with Crippen LogP contribution in [-0.4, -0.2) is 30.9 Å². The summed E-state index contributed by atoms with van der Waals surface area (Å²) < 4.78 is 12.5. The Kier molecular flexibility index (Phi) is 20.9. The number of hydrogen-bond donors (Lipinski definition) is 0. The van der Waals surface area contributed by atoms with Crippen molar-refractivity contribution >= 4 is 8.03 Å². The minimum atomic E-state index is -2.42. The molecule has 0 radical (unpaired) electrons. The number of unbranched alkanes of at least 4 members (excludes halogenated alkanes) is 17. The molecule has 0 amide bonds. The second-order valence-electron chi connectivity index (χ2n) is 11.1. The van der Waals surface area contributed by atoms with Crippen molar-refractivity contribution in [2.75, 3.05) is 21.1 Å². The van der Waals surface area contributed by atoms with Crippen molar-refractivity contribution in [1.82, 2.24) is 0 Å². The molecule has 0 spiro atoms. The third-order valence-corrected chi connectivity index (χ3v) is 9.31. The molecular weight excluding hydrogens is 425 g/mol. The van der Waals surface area contributed by atoms with Gasteiger partial charge in [0.1, 0.15) is 0 Å². The van der Waals surface area contributed by atoms with Crippen molar-refractivity contribution in [3.63, 3.8) is 0 Å². The van der Waals surface area contributed by atoms with Crippen LogP contribution in [0.1, 0.15) is 149 Å². The summed E-state index contributed by atoms with van der Waals surface area (Å²) in [6.07, 6.45) is 31.6. The number of rotatable bonds is 24. The van der Waals surface area contributed by atoms with Gasteiger partial charge in [0.05, 0.1) is 21.1 Å². The maximum absolute atomic E-state index is 12.0. The van der Waals surface area contributed by atoms with Gasteiger partial charge in [-0.1, -0.05) is 120 Å². The van der Waals surface area contributed by atoms with Gasteiger partial charge >= 0.3 is 8.03 Å². The molecule has 0 aliphatic rings. The van der Waals surface area contributed by atoms with Gasteiger partial charge in [0.25, 0.3) is 5.28 Å². The molecule has 0 bridgehead atoms. The molecule has 0 rings (SSSR count). The van der Waals surface area contributed by atoms with Crippen LogP contribution in [-0.2, 0) is 4.57 Å². The summed E-state index contributed by atoms with van der Waals surface area (Å²) in [7, 11) is 3.61. The monoisotopic (exact) mass is 484 g/mol. The van der Waals surface area contributed by atoms with Crippen molar-refractivity contribution in [1.29, 1.82) is 0 Å². The Hall–Kier alpha value is -0.240. The van der Waals surface area contributed by atoms with Gasteiger partial charge in [0.15, 0.2) is 0 Å². The third-order valence-electron chi connectivity index (χ3n) is 7.49. The van der Waals surface area contributed by atoms with Gasteiger partial charge in [-0.2, -0.15) is 0 Å². The standard InChI is InChI=1S/C29H59NO2P/c1-6-8-9-10-11-12-13-14-15-16-17-18-19-20-21-22-23-24-25-26-27-28-29(7-2,33(31)32)30(3,4)5/h21-22H,6-20,23-28H2,1-5H3/q+1/b22-21-. The molecule has 0 aromatic rings. The first-order valence-electron chi connectivity index (χ1n) is 14.4. The number of quaternary nitrogens is 1. The summed E-state index contributed by atoms with van der Waals surface area (Å²) in [6.45, 7) is 4.30. The van der Waals surface area contributed by atoms with Crippen molar-refractivity contribution in [2.24, 2.45) is 0 Å². The van der Waals surface area contributed by atoms with E-state index in [1.165, 1.54) is 109 Å². The summed E-state index contributed by atoms with van der Waals surface area (Å²) in [6, 6.07) is 0. The molecule has 0 heterocycles. The van der Waals surface area contributed by atoms with E-state index in [2.05, 4.69) is 19.1 Å². The molecule has 0 saturated carbocycles. The molecule has 196 valence electrons. The molecule has 0 aliphatic heterocycles. The molecule has 0 aromatic carbocycles. The molecule has 0 N–H and O–H groups in total. The van der Waals surface area contributed by atoms with Gasteiger partial charge in [-0.05, 0) is 32.1 Å². The van der Waals surface area contributed by atoms with Gasteiger partial charge in [0.2, 0.25) is 0 Å². The highest BCUT2D eigenvalue weighted by Crippen LogP contribution is 2.44. The molecule has 3 nitrogen and oxygen atoms in total. The van der Waals surface area contributed by atoms with Gasteiger partial charge in [-0.15, -0.1) is 0 Å². The van der Waals surface area contributed by atoms with Crippen molar-refractivity contribution in [3.05, 3.63) is 12.2 Å². The van der Waals surface area contributed by atoms with Crippen LogP contribution in [0.15, 0.2) is 12.2 Å². The van der Waals surface area contributed by atoms with Crippen molar-refractivity contribution in [2.45, 2.75) is 154 Å². The van der Waals surface area contributed by atoms with Crippen LogP contribution < -0.4 is 4.89 Å². The van der Waals surface area contributed by atoms with Crippen LogP contribution in [0.3, 0.4) is 0 Å². The van der Waals surface area contributed by atoms with E-state index in [0.717, 1.165) is 19.3 Å². The molecule has 0 aromatic heterocycles. The fraction of sp³-hybridized carbons (Fsp3) is 0.931. The van der Waals surface area contributed by atoms with Crippen molar-refractivity contribution in [3.8, 4) is 0 Å². The summed E-state index contributed by atoms with van der Waals surface area (Å²) in [4.78, 5) is 12.0. The Morgan fingerprint density at radius 3 is 1.33 bits per heavy atom. The lowest BCUT2D eigenvalue weighted by Gasteiger charge is -2.39. The largest absolute Gasteiger partial charge is 0.590 e. The molecule has 0 fully saturated rings. The minimum Gasteiger partial charge on any atom is -0.590 e. The summed E-state index contributed by atoms with van der Waals surface area (Å²) in [5.41, 5.74) is 0. The second kappa shape index (κ2) is 21.1. The molecule has 2 unspecified atom stereocenters. The number of allylic oxidation sites excluding steroid dienone is 2. The first-order valence-corrected chi connectivity index (χ1v) is 15.6. The Bertz CT molecular complexity index is 487. The zero-order chi connectivity index (χ0) is 24.8. The number of nitrogens with zero attached hydrogens (tertiary/aromatic N) is 1. The van der Waals surface area contributed by atoms with Gasteiger partial charge in [0, 0.05) is 12.8 Å². The first kappa shape index (κ1) is 32.8. The maximum atomic E-state index is 12.0. The normalized spacial score (nSPS) is 14.7. The smallest absolute Gasteiger partial charge is 0.376 e. The Balaban J connectivity index is 3.51. The fourth-order valence-corrected chi connectivity index (χ4v) is 6.08. The predicted octanol–water partition coefficient (Wildman–Crippen LogP) is 9.28. The van der Waals surface area contributed by atoms with Gasteiger partial charge < -0.3 is 4.89 Å². The van der Waals surface area contributed by atoms with Crippen LogP contribution in [0.25, 0.3) is 0 Å². The lowest BCUT2D eigenvalue weighted by molar-refractivity contribution is -0.910. The highest BCUT2D eigenvalue weighted by molar-refractivity contribution is 7.38. The van der Waals surface area contributed by atoms with Crippen LogP contribution in [0.5, 0.6) is 0 Å². The van der Waals surface area contributed by atoms with Crippen LogP contribution >= 0.6 is 8.03 Å². The predicted molar refractivity (Wildman–Crippen MR) is 146 cm³/mol. The quantitative estimate of drug-likeness (QED) is 0.0592. The van der Waals surface area contributed by atoms with Crippen LogP contribution in [0.4, 0.5) is 0 Å². The van der Waals surface area contributed by atoms with E-state index < -0.39 is 13.3 Å². The van der Waals surface area contributed by atoms with E-state index in [0.29, 0.717) is 10.9 Å². The molecule has 33 heavy (non-hydrogen) atoms. The fourth-order valence-electron chi connectivity index (χ4n) is 4.99. The van der Waals surface area contributed by atoms with E-state index in [1.54, 1.807) is 0 Å². The second-order valence-corrected chi connectivity index (χ2v) is 12.4. The molecular formula is C29H59NO2P+. The highest BCUT2D eigenvalue weighted by atomic mass is 31.1. The van der Waals surface area contributed by atoms with Crippen LogP contribution in [0.2, 0.25) is 0 Å².